The fourth-order valence-corrected chi connectivity index (χ4v) is 11.5. The zero-order chi connectivity index (χ0) is 38.8. The van der Waals surface area contributed by atoms with E-state index in [9.17, 15) is 0 Å². The second-order valence-corrected chi connectivity index (χ2v) is 18.8. The van der Waals surface area contributed by atoms with E-state index in [1.807, 2.05) is 0 Å². The third-order valence-corrected chi connectivity index (χ3v) is 14.7. The average Bonchev–Trinajstić information content (AvgIpc) is 3.72. The number of rotatable bonds is 4. The molecule has 0 spiro atoms. The number of allylic oxidation sites excluding steroid dienone is 8. The van der Waals surface area contributed by atoms with Crippen LogP contribution >= 0.6 is 0 Å². The standard InChI is InChI=1S/C56H49N/c1-54(2)46-18-12-10-16-40(46)42-24-20-35(28-48(42)54)36-21-25-44-45-27-23-38(31-51(45)56(5,6)49(44)29-36)53-33-39(34-14-8-7-9-15-34)32-52(57-53)37-22-26-43-41-17-11-13-19-47(41)55(3,4)50(43)30-37/h7-33,41,43,47,50H,1-6H3. The molecule has 0 amide bonds. The summed E-state index contributed by atoms with van der Waals surface area (Å²) in [6.07, 6.45) is 16.8. The molecule has 0 aliphatic heterocycles. The largest absolute Gasteiger partial charge is 0.248 e. The first-order valence-electron chi connectivity index (χ1n) is 20.9. The minimum absolute atomic E-state index is 0.0245. The highest BCUT2D eigenvalue weighted by molar-refractivity contribution is 5.88. The second kappa shape index (κ2) is 12.1. The molecule has 1 saturated carbocycles. The van der Waals surface area contributed by atoms with E-state index in [-0.39, 0.29) is 16.2 Å². The minimum Gasteiger partial charge on any atom is -0.248 e. The Morgan fingerprint density at radius 3 is 1.67 bits per heavy atom. The van der Waals surface area contributed by atoms with Crippen LogP contribution in [0.5, 0.6) is 0 Å². The smallest absolute Gasteiger partial charge is 0.0715 e. The Hall–Kier alpha value is -5.79. The van der Waals surface area contributed by atoms with Gasteiger partial charge in [0.25, 0.3) is 0 Å². The van der Waals surface area contributed by atoms with Crippen molar-refractivity contribution in [2.75, 3.05) is 0 Å². The van der Waals surface area contributed by atoms with Gasteiger partial charge in [0.05, 0.1) is 11.4 Å². The van der Waals surface area contributed by atoms with Crippen LogP contribution in [-0.2, 0) is 10.8 Å². The molecule has 1 aromatic heterocycles. The highest BCUT2D eigenvalue weighted by Crippen LogP contribution is 2.59. The van der Waals surface area contributed by atoms with E-state index in [1.165, 1.54) is 72.3 Å². The van der Waals surface area contributed by atoms with Crippen molar-refractivity contribution < 1.29 is 0 Å². The number of benzene rings is 5. The summed E-state index contributed by atoms with van der Waals surface area (Å²) < 4.78 is 0. The summed E-state index contributed by atoms with van der Waals surface area (Å²) in [7, 11) is 0. The highest BCUT2D eigenvalue weighted by Gasteiger charge is 2.52. The molecular formula is C56H49N. The van der Waals surface area contributed by atoms with Gasteiger partial charge in [-0.05, 0) is 132 Å². The lowest BCUT2D eigenvalue weighted by Crippen LogP contribution is -2.26. The highest BCUT2D eigenvalue weighted by atomic mass is 14.7. The monoisotopic (exact) mass is 735 g/mol. The van der Waals surface area contributed by atoms with E-state index >= 15 is 0 Å². The van der Waals surface area contributed by atoms with Crippen LogP contribution in [0.1, 0.15) is 69.5 Å². The zero-order valence-corrected chi connectivity index (χ0v) is 33.8. The van der Waals surface area contributed by atoms with Gasteiger partial charge in [0.15, 0.2) is 0 Å². The lowest BCUT2D eigenvalue weighted by atomic mass is 9.71. The van der Waals surface area contributed by atoms with Crippen LogP contribution in [0.15, 0.2) is 164 Å². The molecule has 278 valence electrons. The van der Waals surface area contributed by atoms with Crippen molar-refractivity contribution in [3.8, 4) is 55.8 Å². The first-order chi connectivity index (χ1) is 27.5. The van der Waals surface area contributed by atoms with Crippen LogP contribution in [0.3, 0.4) is 0 Å². The van der Waals surface area contributed by atoms with E-state index in [1.54, 1.807) is 0 Å². The molecule has 57 heavy (non-hydrogen) atoms. The van der Waals surface area contributed by atoms with Crippen molar-refractivity contribution in [2.45, 2.75) is 52.4 Å². The summed E-state index contributed by atoms with van der Waals surface area (Å²) in [5, 5.41) is 0. The van der Waals surface area contributed by atoms with Gasteiger partial charge in [-0.1, -0.05) is 175 Å². The van der Waals surface area contributed by atoms with Crippen molar-refractivity contribution in [3.63, 3.8) is 0 Å². The summed E-state index contributed by atoms with van der Waals surface area (Å²) in [5.41, 5.74) is 20.4. The molecule has 0 bridgehead atoms. The Morgan fingerprint density at radius 2 is 0.965 bits per heavy atom. The van der Waals surface area contributed by atoms with Gasteiger partial charge < -0.3 is 0 Å². The van der Waals surface area contributed by atoms with Crippen LogP contribution in [0.2, 0.25) is 0 Å². The molecule has 4 atom stereocenters. The number of hydrogen-bond donors (Lipinski definition) is 0. The topological polar surface area (TPSA) is 12.9 Å². The molecule has 6 aromatic rings. The van der Waals surface area contributed by atoms with Gasteiger partial charge in [-0.25, -0.2) is 4.98 Å². The Kier molecular flexibility index (Phi) is 7.32. The molecule has 1 fully saturated rings. The number of aromatic nitrogens is 1. The number of hydrogen-bond acceptors (Lipinski definition) is 1. The molecule has 11 rings (SSSR count). The third kappa shape index (κ3) is 5.04. The molecule has 5 aliphatic rings. The molecule has 5 aliphatic carbocycles. The van der Waals surface area contributed by atoms with Gasteiger partial charge in [-0.15, -0.1) is 0 Å². The third-order valence-electron chi connectivity index (χ3n) is 14.7. The summed E-state index contributed by atoms with van der Waals surface area (Å²) >= 11 is 0. The SMILES string of the molecule is CC1(C)c2ccccc2-c2ccc(-c3ccc4c(c3)C(C)(C)c3cc(-c5cc(-c6ccccc6)cc(C6=CC7C(C=C6)C6C=CC=CC6C7(C)C)n5)ccc3-4)cc21. The zero-order valence-electron chi connectivity index (χ0n) is 33.8. The first kappa shape index (κ1) is 34.5. The molecule has 0 radical (unpaired) electrons. The number of fused-ring (bicyclic) bond motifs is 9. The van der Waals surface area contributed by atoms with E-state index in [0.717, 1.165) is 17.0 Å². The fraction of sp³-hybridized carbons (Fsp3) is 0.232. The summed E-state index contributed by atoms with van der Waals surface area (Å²) in [5.74, 6) is 2.07. The maximum absolute atomic E-state index is 5.49. The normalized spacial score (nSPS) is 23.2. The van der Waals surface area contributed by atoms with Crippen LogP contribution in [0, 0.1) is 29.1 Å². The average molecular weight is 736 g/mol. The maximum atomic E-state index is 5.49. The lowest BCUT2D eigenvalue weighted by Gasteiger charge is -2.33. The predicted molar refractivity (Wildman–Crippen MR) is 239 cm³/mol. The van der Waals surface area contributed by atoms with Crippen molar-refractivity contribution >= 4 is 5.57 Å². The Morgan fingerprint density at radius 1 is 0.421 bits per heavy atom. The summed E-state index contributed by atoms with van der Waals surface area (Å²) in [6.45, 7) is 14.4. The molecule has 0 N–H and O–H groups in total. The van der Waals surface area contributed by atoms with Gasteiger partial charge in [-0.3, -0.25) is 0 Å². The lowest BCUT2D eigenvalue weighted by molar-refractivity contribution is 0.239. The van der Waals surface area contributed by atoms with Gasteiger partial charge in [0.1, 0.15) is 0 Å². The van der Waals surface area contributed by atoms with Crippen molar-refractivity contribution in [1.82, 2.24) is 4.98 Å². The second-order valence-electron chi connectivity index (χ2n) is 18.8. The van der Waals surface area contributed by atoms with E-state index in [0.29, 0.717) is 23.7 Å². The van der Waals surface area contributed by atoms with Crippen LogP contribution < -0.4 is 0 Å². The van der Waals surface area contributed by atoms with Gasteiger partial charge in [-0.2, -0.15) is 0 Å². The molecular weight excluding hydrogens is 687 g/mol. The van der Waals surface area contributed by atoms with Gasteiger partial charge in [0, 0.05) is 16.4 Å². The van der Waals surface area contributed by atoms with E-state index in [2.05, 4.69) is 205 Å². The van der Waals surface area contributed by atoms with Gasteiger partial charge in [0.2, 0.25) is 0 Å². The predicted octanol–water partition coefficient (Wildman–Crippen LogP) is 14.3. The summed E-state index contributed by atoms with van der Waals surface area (Å²) in [6, 6.07) is 45.6. The molecule has 4 unspecified atom stereocenters. The number of pyridine rings is 1. The van der Waals surface area contributed by atoms with Crippen LogP contribution in [-0.4, -0.2) is 4.98 Å². The van der Waals surface area contributed by atoms with Crippen LogP contribution in [0.4, 0.5) is 0 Å². The Labute approximate surface area is 338 Å². The minimum atomic E-state index is -0.167. The van der Waals surface area contributed by atoms with E-state index in [4.69, 9.17) is 4.98 Å². The summed E-state index contributed by atoms with van der Waals surface area (Å²) in [4.78, 5) is 5.49. The van der Waals surface area contributed by atoms with E-state index < -0.39 is 0 Å². The molecule has 1 nitrogen and oxygen atoms in total. The fourth-order valence-electron chi connectivity index (χ4n) is 11.5. The molecule has 5 aromatic carbocycles. The molecule has 1 heterocycles. The number of nitrogens with zero attached hydrogens (tertiary/aromatic N) is 1. The van der Waals surface area contributed by atoms with Crippen molar-refractivity contribution in [2.24, 2.45) is 29.1 Å². The first-order valence-corrected chi connectivity index (χ1v) is 20.9. The van der Waals surface area contributed by atoms with Crippen molar-refractivity contribution in [1.29, 1.82) is 0 Å². The Bertz CT molecular complexity index is 2780. The Balaban J connectivity index is 0.972. The van der Waals surface area contributed by atoms with Crippen LogP contribution in [0.25, 0.3) is 61.3 Å². The quantitative estimate of drug-likeness (QED) is 0.176. The molecule has 1 heteroatoms. The maximum Gasteiger partial charge on any atom is 0.0715 e. The van der Waals surface area contributed by atoms with Crippen molar-refractivity contribution in [3.05, 3.63) is 192 Å². The van der Waals surface area contributed by atoms with Gasteiger partial charge >= 0.3 is 0 Å². The molecule has 0 saturated heterocycles.